The highest BCUT2D eigenvalue weighted by molar-refractivity contribution is 5.23. The molecule has 0 saturated carbocycles. The Labute approximate surface area is 95.7 Å². The molecule has 0 bridgehead atoms. The molecule has 0 aliphatic carbocycles. The minimum atomic E-state index is -0.461. The number of benzene rings is 1. The second-order valence-electron chi connectivity index (χ2n) is 4.28. The fourth-order valence-corrected chi connectivity index (χ4v) is 1.79. The summed E-state index contributed by atoms with van der Waals surface area (Å²) in [7, 11) is 0. The van der Waals surface area contributed by atoms with Gasteiger partial charge in [0.25, 0.3) is 0 Å². The lowest BCUT2D eigenvalue weighted by atomic mass is 9.93. The van der Waals surface area contributed by atoms with Gasteiger partial charge in [-0.05, 0) is 37.3 Å². The second kappa shape index (κ2) is 5.94. The molecule has 2 atom stereocenters. The number of hydrogen-bond donors (Lipinski definition) is 1. The van der Waals surface area contributed by atoms with Crippen LogP contribution in [-0.2, 0) is 0 Å². The van der Waals surface area contributed by atoms with E-state index in [1.807, 2.05) is 13.8 Å². The molecule has 0 aromatic heterocycles. The molecule has 2 N–H and O–H groups in total. The predicted molar refractivity (Wildman–Crippen MR) is 62.3 cm³/mol. The average Bonchev–Trinajstić information content (AvgIpc) is 2.25. The van der Waals surface area contributed by atoms with Gasteiger partial charge in [0.1, 0.15) is 11.6 Å². The van der Waals surface area contributed by atoms with Crippen LogP contribution in [-0.4, -0.2) is 6.04 Å². The van der Waals surface area contributed by atoms with Crippen LogP contribution in [0.25, 0.3) is 0 Å². The van der Waals surface area contributed by atoms with Gasteiger partial charge in [-0.1, -0.05) is 19.9 Å². The van der Waals surface area contributed by atoms with Gasteiger partial charge < -0.3 is 5.73 Å². The normalized spacial score (nSPS) is 14.8. The Morgan fingerprint density at radius 2 is 1.75 bits per heavy atom. The predicted octanol–water partition coefficient (Wildman–Crippen LogP) is 3.59. The van der Waals surface area contributed by atoms with Crippen molar-refractivity contribution >= 4 is 0 Å². The molecule has 0 aliphatic rings. The van der Waals surface area contributed by atoms with Crippen molar-refractivity contribution in [1.82, 2.24) is 0 Å². The highest BCUT2D eigenvalue weighted by Crippen LogP contribution is 2.26. The fourth-order valence-electron chi connectivity index (χ4n) is 1.79. The molecule has 0 amide bonds. The Balaban J connectivity index is 2.69. The van der Waals surface area contributed by atoms with Gasteiger partial charge in [-0.3, -0.25) is 0 Å². The van der Waals surface area contributed by atoms with Crippen molar-refractivity contribution in [1.29, 1.82) is 0 Å². The van der Waals surface area contributed by atoms with Crippen molar-refractivity contribution in [2.75, 3.05) is 0 Å². The number of halogens is 2. The van der Waals surface area contributed by atoms with Crippen molar-refractivity contribution in [3.8, 4) is 0 Å². The molecule has 90 valence electrons. The third kappa shape index (κ3) is 3.27. The van der Waals surface area contributed by atoms with Crippen molar-refractivity contribution in [3.63, 3.8) is 0 Å². The first-order valence-corrected chi connectivity index (χ1v) is 5.75. The van der Waals surface area contributed by atoms with Gasteiger partial charge in [0, 0.05) is 11.6 Å². The summed E-state index contributed by atoms with van der Waals surface area (Å²) in [6.45, 7) is 3.85. The van der Waals surface area contributed by atoms with Crippen LogP contribution in [0.15, 0.2) is 18.2 Å². The molecule has 0 aliphatic heterocycles. The summed E-state index contributed by atoms with van der Waals surface area (Å²) < 4.78 is 26.9. The largest absolute Gasteiger partial charge is 0.328 e. The average molecular weight is 227 g/mol. The SMILES string of the molecule is CCC(N)CCC(C)c1c(F)cccc1F. The molecule has 0 spiro atoms. The van der Waals surface area contributed by atoms with Crippen molar-refractivity contribution < 1.29 is 8.78 Å². The van der Waals surface area contributed by atoms with E-state index >= 15 is 0 Å². The number of hydrogen-bond acceptors (Lipinski definition) is 1. The summed E-state index contributed by atoms with van der Waals surface area (Å²) in [6, 6.07) is 4.11. The molecular formula is C13H19F2N. The Hall–Kier alpha value is -0.960. The zero-order chi connectivity index (χ0) is 12.1. The minimum Gasteiger partial charge on any atom is -0.328 e. The molecule has 1 rings (SSSR count). The first-order valence-electron chi connectivity index (χ1n) is 5.75. The van der Waals surface area contributed by atoms with E-state index in [0.717, 1.165) is 12.8 Å². The van der Waals surface area contributed by atoms with Gasteiger partial charge >= 0.3 is 0 Å². The van der Waals surface area contributed by atoms with Crippen molar-refractivity contribution in [2.24, 2.45) is 5.73 Å². The Morgan fingerprint density at radius 1 is 1.19 bits per heavy atom. The topological polar surface area (TPSA) is 26.0 Å². The third-order valence-corrected chi connectivity index (χ3v) is 2.99. The van der Waals surface area contributed by atoms with E-state index in [2.05, 4.69) is 0 Å². The summed E-state index contributed by atoms with van der Waals surface area (Å²) in [6.07, 6.45) is 2.41. The van der Waals surface area contributed by atoms with E-state index in [9.17, 15) is 8.78 Å². The van der Waals surface area contributed by atoms with Gasteiger partial charge in [-0.15, -0.1) is 0 Å². The highest BCUT2D eigenvalue weighted by atomic mass is 19.1. The van der Waals surface area contributed by atoms with Gasteiger partial charge in [-0.2, -0.15) is 0 Å². The molecule has 1 aromatic rings. The zero-order valence-corrected chi connectivity index (χ0v) is 9.84. The first-order chi connectivity index (χ1) is 7.56. The molecule has 0 saturated heterocycles. The summed E-state index contributed by atoms with van der Waals surface area (Å²) in [5.74, 6) is -1.05. The van der Waals surface area contributed by atoms with E-state index in [1.165, 1.54) is 18.2 Å². The van der Waals surface area contributed by atoms with Crippen LogP contribution in [0.2, 0.25) is 0 Å². The van der Waals surface area contributed by atoms with Gasteiger partial charge in [-0.25, -0.2) is 8.78 Å². The molecular weight excluding hydrogens is 208 g/mol. The van der Waals surface area contributed by atoms with Crippen LogP contribution in [0, 0.1) is 11.6 Å². The fraction of sp³-hybridized carbons (Fsp3) is 0.538. The Morgan fingerprint density at radius 3 is 2.25 bits per heavy atom. The maximum Gasteiger partial charge on any atom is 0.129 e. The quantitative estimate of drug-likeness (QED) is 0.817. The molecule has 3 heteroatoms. The Bertz CT molecular complexity index is 318. The van der Waals surface area contributed by atoms with Gasteiger partial charge in [0.2, 0.25) is 0 Å². The van der Waals surface area contributed by atoms with Crippen LogP contribution < -0.4 is 5.73 Å². The van der Waals surface area contributed by atoms with Gasteiger partial charge in [0.05, 0.1) is 0 Å². The first kappa shape index (κ1) is 13.1. The number of nitrogens with two attached hydrogens (primary N) is 1. The van der Waals surface area contributed by atoms with Crippen LogP contribution >= 0.6 is 0 Å². The summed E-state index contributed by atoms with van der Waals surface area (Å²) in [5.41, 5.74) is 5.97. The monoisotopic (exact) mass is 227 g/mol. The lowest BCUT2D eigenvalue weighted by Crippen LogP contribution is -2.19. The van der Waals surface area contributed by atoms with E-state index in [-0.39, 0.29) is 17.5 Å². The van der Waals surface area contributed by atoms with Crippen molar-refractivity contribution in [3.05, 3.63) is 35.4 Å². The summed E-state index contributed by atoms with van der Waals surface area (Å²) >= 11 is 0. The second-order valence-corrected chi connectivity index (χ2v) is 4.28. The molecule has 1 nitrogen and oxygen atoms in total. The van der Waals surface area contributed by atoms with Crippen LogP contribution in [0.5, 0.6) is 0 Å². The molecule has 0 radical (unpaired) electrons. The highest BCUT2D eigenvalue weighted by Gasteiger charge is 2.16. The Kier molecular flexibility index (Phi) is 4.87. The lowest BCUT2D eigenvalue weighted by Gasteiger charge is -2.16. The maximum absolute atomic E-state index is 13.4. The van der Waals surface area contributed by atoms with Crippen LogP contribution in [0.3, 0.4) is 0 Å². The lowest BCUT2D eigenvalue weighted by molar-refractivity contribution is 0.486. The van der Waals surface area contributed by atoms with Gasteiger partial charge in [0.15, 0.2) is 0 Å². The molecule has 16 heavy (non-hydrogen) atoms. The number of rotatable bonds is 5. The van der Waals surface area contributed by atoms with Crippen LogP contribution in [0.1, 0.15) is 44.6 Å². The third-order valence-electron chi connectivity index (χ3n) is 2.99. The van der Waals surface area contributed by atoms with E-state index in [0.29, 0.717) is 6.42 Å². The molecule has 0 heterocycles. The van der Waals surface area contributed by atoms with E-state index in [4.69, 9.17) is 5.73 Å². The molecule has 2 unspecified atom stereocenters. The van der Waals surface area contributed by atoms with Crippen molar-refractivity contribution in [2.45, 2.75) is 45.1 Å². The van der Waals surface area contributed by atoms with Crippen LogP contribution in [0.4, 0.5) is 8.78 Å². The van der Waals surface area contributed by atoms with E-state index in [1.54, 1.807) is 0 Å². The minimum absolute atomic E-state index is 0.122. The standard InChI is InChI=1S/C13H19F2N/c1-3-10(16)8-7-9(2)13-11(14)5-4-6-12(13)15/h4-6,9-10H,3,7-8,16H2,1-2H3. The molecule has 0 fully saturated rings. The summed E-state index contributed by atoms with van der Waals surface area (Å²) in [4.78, 5) is 0. The zero-order valence-electron chi connectivity index (χ0n) is 9.84. The molecule has 1 aromatic carbocycles. The van der Waals surface area contributed by atoms with E-state index < -0.39 is 11.6 Å². The maximum atomic E-state index is 13.4. The summed E-state index contributed by atoms with van der Waals surface area (Å²) in [5, 5.41) is 0. The smallest absolute Gasteiger partial charge is 0.129 e.